The first-order valence-electron chi connectivity index (χ1n) is 8.56. The summed E-state index contributed by atoms with van der Waals surface area (Å²) in [4.78, 5) is 26.2. The average Bonchev–Trinajstić information content (AvgIpc) is 2.93. The topological polar surface area (TPSA) is 61.4 Å². The monoisotopic (exact) mass is 315 g/mol. The van der Waals surface area contributed by atoms with E-state index in [1.54, 1.807) is 0 Å². The van der Waals surface area contributed by atoms with Gasteiger partial charge in [0.1, 0.15) is 0 Å². The summed E-state index contributed by atoms with van der Waals surface area (Å²) < 4.78 is 0. The van der Waals surface area contributed by atoms with E-state index >= 15 is 0 Å². The van der Waals surface area contributed by atoms with Gasteiger partial charge < -0.3 is 10.2 Å². The van der Waals surface area contributed by atoms with Crippen molar-refractivity contribution in [2.45, 2.75) is 45.1 Å². The molecule has 0 radical (unpaired) electrons. The summed E-state index contributed by atoms with van der Waals surface area (Å²) in [6, 6.07) is 7.93. The van der Waals surface area contributed by atoms with Crippen LogP contribution in [0.2, 0.25) is 0 Å². The van der Waals surface area contributed by atoms with Gasteiger partial charge in [-0.05, 0) is 36.8 Å². The van der Waals surface area contributed by atoms with E-state index < -0.39 is 0 Å². The largest absolute Gasteiger partial charge is 0.362 e. The van der Waals surface area contributed by atoms with Gasteiger partial charge in [-0.15, -0.1) is 0 Å². The highest BCUT2D eigenvalue weighted by Crippen LogP contribution is 2.27. The van der Waals surface area contributed by atoms with Crippen LogP contribution in [-0.2, 0) is 11.2 Å². The summed E-state index contributed by atoms with van der Waals surface area (Å²) in [6.07, 6.45) is 5.48. The lowest BCUT2D eigenvalue weighted by molar-refractivity contribution is -0.118. The lowest BCUT2D eigenvalue weighted by atomic mass is 9.86. The van der Waals surface area contributed by atoms with Crippen molar-refractivity contribution in [2.75, 3.05) is 18.0 Å². The minimum absolute atomic E-state index is 0.184. The predicted octanol–water partition coefficient (Wildman–Crippen LogP) is 2.45. The fourth-order valence-electron chi connectivity index (χ4n) is 3.65. The predicted molar refractivity (Wildman–Crippen MR) is 90.5 cm³/mol. The van der Waals surface area contributed by atoms with E-state index in [1.807, 2.05) is 23.1 Å². The molecule has 1 heterocycles. The molecule has 1 aromatic rings. The third-order valence-corrected chi connectivity index (χ3v) is 5.00. The number of anilines is 1. The number of rotatable bonds is 3. The van der Waals surface area contributed by atoms with Gasteiger partial charge in [0.2, 0.25) is 5.91 Å². The number of imide groups is 1. The Morgan fingerprint density at radius 2 is 2.00 bits per heavy atom. The maximum Gasteiger partial charge on any atom is 0.321 e. The molecule has 2 atom stereocenters. The number of nitrogens with zero attached hydrogens (tertiary/aromatic N) is 1. The number of hydrogen-bond donors (Lipinski definition) is 2. The Bertz CT molecular complexity index is 587. The van der Waals surface area contributed by atoms with Crippen molar-refractivity contribution in [1.82, 2.24) is 10.6 Å². The second-order valence-corrected chi connectivity index (χ2v) is 6.69. The molecule has 124 valence electrons. The van der Waals surface area contributed by atoms with Gasteiger partial charge >= 0.3 is 6.03 Å². The molecule has 3 amide bonds. The molecule has 5 nitrogen and oxygen atoms in total. The van der Waals surface area contributed by atoms with E-state index in [0.29, 0.717) is 5.92 Å². The number of nitrogens with one attached hydrogen (secondary N) is 2. The van der Waals surface area contributed by atoms with Gasteiger partial charge in [-0.25, -0.2) is 4.79 Å². The number of carbonyl (C=O) groups is 2. The number of fused-ring (bicyclic) bond motifs is 1. The Hall–Kier alpha value is -2.04. The van der Waals surface area contributed by atoms with E-state index in [4.69, 9.17) is 0 Å². The highest BCUT2D eigenvalue weighted by molar-refractivity contribution is 5.96. The zero-order chi connectivity index (χ0) is 16.2. The molecule has 1 aliphatic heterocycles. The number of urea groups is 1. The molecule has 0 saturated heterocycles. The molecule has 0 spiro atoms. The maximum absolute atomic E-state index is 12.1. The summed E-state index contributed by atoms with van der Waals surface area (Å²) in [7, 11) is 0. The Kier molecular flexibility index (Phi) is 4.84. The fourth-order valence-corrected chi connectivity index (χ4v) is 3.65. The van der Waals surface area contributed by atoms with Crippen molar-refractivity contribution in [1.29, 1.82) is 0 Å². The maximum atomic E-state index is 12.1. The normalized spacial score (nSPS) is 23.3. The molecule has 1 aliphatic carbocycles. The highest BCUT2D eigenvalue weighted by Gasteiger charge is 2.25. The van der Waals surface area contributed by atoms with Gasteiger partial charge in [0.25, 0.3) is 0 Å². The first kappa shape index (κ1) is 15.8. The number of carbonyl (C=O) groups excluding carboxylic acids is 2. The zero-order valence-electron chi connectivity index (χ0n) is 13.7. The van der Waals surface area contributed by atoms with Crippen LogP contribution >= 0.6 is 0 Å². The van der Waals surface area contributed by atoms with Crippen molar-refractivity contribution >= 4 is 17.6 Å². The van der Waals surface area contributed by atoms with Crippen molar-refractivity contribution in [3.8, 4) is 0 Å². The summed E-state index contributed by atoms with van der Waals surface area (Å²) in [5, 5.41) is 5.43. The quantitative estimate of drug-likeness (QED) is 0.900. The lowest BCUT2D eigenvalue weighted by Crippen LogP contribution is -2.49. The van der Waals surface area contributed by atoms with Crippen LogP contribution in [0.25, 0.3) is 0 Å². The van der Waals surface area contributed by atoms with Crippen molar-refractivity contribution in [3.63, 3.8) is 0 Å². The van der Waals surface area contributed by atoms with Crippen molar-refractivity contribution < 1.29 is 9.59 Å². The minimum atomic E-state index is -0.360. The first-order valence-corrected chi connectivity index (χ1v) is 8.56. The van der Waals surface area contributed by atoms with Gasteiger partial charge in [0, 0.05) is 18.3 Å². The molecule has 3 rings (SSSR count). The van der Waals surface area contributed by atoms with Gasteiger partial charge in [-0.1, -0.05) is 38.0 Å². The molecule has 1 saturated carbocycles. The standard InChI is InChI=1S/C18H25N3O2/c1-13-6-2-4-8-15(13)19-18(23)20-17(22)12-21-11-10-14-7-3-5-9-16(14)21/h3,5,7,9,13,15H,2,4,6,8,10-12H2,1H3,(H2,19,20,22,23). The molecule has 1 aromatic carbocycles. The molecular weight excluding hydrogens is 290 g/mol. The Morgan fingerprint density at radius 3 is 2.83 bits per heavy atom. The van der Waals surface area contributed by atoms with Crippen LogP contribution in [0.4, 0.5) is 10.5 Å². The summed E-state index contributed by atoms with van der Waals surface area (Å²) >= 11 is 0. The second kappa shape index (κ2) is 7.02. The van der Waals surface area contributed by atoms with Gasteiger partial charge in [0.15, 0.2) is 0 Å². The van der Waals surface area contributed by atoms with Gasteiger partial charge in [-0.3, -0.25) is 10.1 Å². The van der Waals surface area contributed by atoms with E-state index in [0.717, 1.165) is 37.9 Å². The van der Waals surface area contributed by atoms with Crippen LogP contribution in [0.1, 0.15) is 38.2 Å². The first-order chi connectivity index (χ1) is 11.1. The SMILES string of the molecule is CC1CCCCC1NC(=O)NC(=O)CN1CCc2ccccc21. The Labute approximate surface area is 137 Å². The van der Waals surface area contributed by atoms with Crippen LogP contribution in [0.5, 0.6) is 0 Å². The number of para-hydroxylation sites is 1. The lowest BCUT2D eigenvalue weighted by Gasteiger charge is -2.29. The third kappa shape index (κ3) is 3.84. The van der Waals surface area contributed by atoms with E-state index in [9.17, 15) is 9.59 Å². The van der Waals surface area contributed by atoms with Crippen LogP contribution < -0.4 is 15.5 Å². The van der Waals surface area contributed by atoms with Crippen LogP contribution in [0.3, 0.4) is 0 Å². The molecule has 1 fully saturated rings. The third-order valence-electron chi connectivity index (χ3n) is 5.00. The number of amides is 3. The molecule has 0 bridgehead atoms. The zero-order valence-corrected chi connectivity index (χ0v) is 13.7. The molecular formula is C18H25N3O2. The Morgan fingerprint density at radius 1 is 1.22 bits per heavy atom. The van der Waals surface area contributed by atoms with Crippen LogP contribution in [0.15, 0.2) is 24.3 Å². The summed E-state index contributed by atoms with van der Waals surface area (Å²) in [5.41, 5.74) is 2.37. The summed E-state index contributed by atoms with van der Waals surface area (Å²) in [5.74, 6) is 0.234. The van der Waals surface area contributed by atoms with Crippen LogP contribution in [-0.4, -0.2) is 31.1 Å². The smallest absolute Gasteiger partial charge is 0.321 e. The number of hydrogen-bond acceptors (Lipinski definition) is 3. The molecule has 5 heteroatoms. The molecule has 0 aromatic heterocycles. The van der Waals surface area contributed by atoms with E-state index in [1.165, 1.54) is 12.0 Å². The van der Waals surface area contributed by atoms with Gasteiger partial charge in [0.05, 0.1) is 6.54 Å². The molecule has 2 unspecified atom stereocenters. The summed E-state index contributed by atoms with van der Waals surface area (Å²) in [6.45, 7) is 3.21. The molecule has 2 aliphatic rings. The number of benzene rings is 1. The van der Waals surface area contributed by atoms with Gasteiger partial charge in [-0.2, -0.15) is 0 Å². The van der Waals surface area contributed by atoms with E-state index in [2.05, 4.69) is 23.6 Å². The Balaban J connectivity index is 1.49. The fraction of sp³-hybridized carbons (Fsp3) is 0.556. The molecule has 23 heavy (non-hydrogen) atoms. The molecule has 2 N–H and O–H groups in total. The minimum Gasteiger partial charge on any atom is -0.362 e. The highest BCUT2D eigenvalue weighted by atomic mass is 16.2. The van der Waals surface area contributed by atoms with Crippen LogP contribution in [0, 0.1) is 5.92 Å². The van der Waals surface area contributed by atoms with E-state index in [-0.39, 0.29) is 24.5 Å². The van der Waals surface area contributed by atoms with Crippen molar-refractivity contribution in [3.05, 3.63) is 29.8 Å². The average molecular weight is 315 g/mol. The second-order valence-electron chi connectivity index (χ2n) is 6.69. The van der Waals surface area contributed by atoms with Crippen molar-refractivity contribution in [2.24, 2.45) is 5.92 Å².